The molecule has 0 atom stereocenters. The number of halogens is 2. The molecule has 1 N–H and O–H groups in total. The molecule has 2 heterocycles. The Balaban J connectivity index is 2.05. The monoisotopic (exact) mass is 415 g/mol. The Morgan fingerprint density at radius 1 is 1.24 bits per heavy atom. The number of rotatable bonds is 2. The second kappa shape index (κ2) is 7.36. The zero-order valence-corrected chi connectivity index (χ0v) is 17.1. The molecule has 1 aliphatic rings. The molecule has 3 rings (SSSR count). The summed E-state index contributed by atoms with van der Waals surface area (Å²) >= 11 is 5.99. The third-order valence-electron chi connectivity index (χ3n) is 4.25. The number of hydrogen-bond donors (Lipinski definition) is 1. The fraction of sp³-hybridized carbons (Fsp3) is 0.250. The number of nitrogens with one attached hydrogen (secondary N) is 1. The second-order valence-electron chi connectivity index (χ2n) is 7.55. The first-order valence-electron chi connectivity index (χ1n) is 8.72. The van der Waals surface area contributed by atoms with Gasteiger partial charge in [-0.05, 0) is 25.1 Å². The molecule has 0 fully saturated rings. The molecule has 9 heteroatoms. The summed E-state index contributed by atoms with van der Waals surface area (Å²) in [5, 5.41) is 7.13. The van der Waals surface area contributed by atoms with Gasteiger partial charge in [0.1, 0.15) is 11.6 Å². The van der Waals surface area contributed by atoms with E-state index in [4.69, 9.17) is 11.6 Å². The first-order chi connectivity index (χ1) is 13.5. The van der Waals surface area contributed by atoms with Crippen molar-refractivity contribution >= 4 is 40.9 Å². The highest BCUT2D eigenvalue weighted by Crippen LogP contribution is 2.26. The van der Waals surface area contributed by atoms with Crippen molar-refractivity contribution in [3.05, 3.63) is 58.5 Å². The third kappa shape index (κ3) is 4.17. The lowest BCUT2D eigenvalue weighted by Gasteiger charge is -2.14. The summed E-state index contributed by atoms with van der Waals surface area (Å²) in [7, 11) is 0. The average molecular weight is 416 g/mol. The number of anilines is 1. The standard InChI is InChI=1S/C20H19ClFN5O2/c1-10-11(2)23-19(25-17(10)28)27-16(9-15(26-27)20(3,4)5)24-18(29)13-7-6-12(22)8-14(13)21/h6-9H,1H2,2-5H3,(H,24,29). The molecule has 0 spiro atoms. The highest BCUT2D eigenvalue weighted by atomic mass is 35.5. The first-order valence-corrected chi connectivity index (χ1v) is 9.10. The van der Waals surface area contributed by atoms with Gasteiger partial charge in [-0.15, -0.1) is 0 Å². The molecule has 7 nitrogen and oxygen atoms in total. The molecular weight excluding hydrogens is 397 g/mol. The topological polar surface area (TPSA) is 88.7 Å². The van der Waals surface area contributed by atoms with Crippen molar-refractivity contribution < 1.29 is 14.0 Å². The fourth-order valence-electron chi connectivity index (χ4n) is 2.50. The lowest BCUT2D eigenvalue weighted by atomic mass is 9.92. The van der Waals surface area contributed by atoms with E-state index in [0.29, 0.717) is 11.4 Å². The van der Waals surface area contributed by atoms with Gasteiger partial charge in [0.2, 0.25) is 0 Å². The van der Waals surface area contributed by atoms with E-state index in [-0.39, 0.29) is 33.4 Å². The Labute approximate surface area is 172 Å². The molecular formula is C20H19ClFN5O2. The Bertz CT molecular complexity index is 1110. The minimum atomic E-state index is -0.565. The lowest BCUT2D eigenvalue weighted by molar-refractivity contribution is -0.113. The van der Waals surface area contributed by atoms with E-state index in [9.17, 15) is 14.0 Å². The number of hydrogen-bond acceptors (Lipinski definition) is 4. The number of carbonyl (C=O) groups excluding carboxylic acids is 2. The SMILES string of the molecule is C=C1C(=O)N=C(n2nc(C(C)(C)C)cc2NC(=O)c2ccc(F)cc2Cl)N=C1C. The molecule has 0 bridgehead atoms. The molecule has 1 aliphatic heterocycles. The summed E-state index contributed by atoms with van der Waals surface area (Å²) in [6.07, 6.45) is 0. The molecule has 1 aromatic carbocycles. The highest BCUT2D eigenvalue weighted by molar-refractivity contribution is 6.34. The van der Waals surface area contributed by atoms with Gasteiger partial charge in [-0.2, -0.15) is 14.8 Å². The zero-order valence-electron chi connectivity index (χ0n) is 16.4. The van der Waals surface area contributed by atoms with Crippen LogP contribution in [0.25, 0.3) is 0 Å². The number of benzene rings is 1. The van der Waals surface area contributed by atoms with Crippen LogP contribution in [0.5, 0.6) is 0 Å². The van der Waals surface area contributed by atoms with Gasteiger partial charge in [0, 0.05) is 11.5 Å². The maximum absolute atomic E-state index is 13.3. The van der Waals surface area contributed by atoms with Gasteiger partial charge in [0.05, 0.1) is 27.6 Å². The number of aliphatic imine (C=N–C) groups is 2. The van der Waals surface area contributed by atoms with Crippen molar-refractivity contribution in [3.63, 3.8) is 0 Å². The number of carbonyl (C=O) groups is 2. The summed E-state index contributed by atoms with van der Waals surface area (Å²) in [4.78, 5) is 33.0. The van der Waals surface area contributed by atoms with Crippen molar-refractivity contribution in [2.75, 3.05) is 5.32 Å². The van der Waals surface area contributed by atoms with E-state index in [1.807, 2.05) is 20.8 Å². The smallest absolute Gasteiger partial charge is 0.281 e. The normalized spacial score (nSPS) is 14.6. The van der Waals surface area contributed by atoms with E-state index in [1.54, 1.807) is 13.0 Å². The van der Waals surface area contributed by atoms with Crippen molar-refractivity contribution in [1.29, 1.82) is 0 Å². The molecule has 2 amide bonds. The van der Waals surface area contributed by atoms with Crippen LogP contribution in [0.1, 0.15) is 43.7 Å². The van der Waals surface area contributed by atoms with E-state index in [2.05, 4.69) is 27.0 Å². The van der Waals surface area contributed by atoms with Crippen LogP contribution < -0.4 is 5.32 Å². The lowest BCUT2D eigenvalue weighted by Crippen LogP contribution is -2.25. The number of aromatic nitrogens is 2. The van der Waals surface area contributed by atoms with Crippen LogP contribution in [0, 0.1) is 5.82 Å². The maximum Gasteiger partial charge on any atom is 0.281 e. The fourth-order valence-corrected chi connectivity index (χ4v) is 2.75. The Hall–Kier alpha value is -3.13. The van der Waals surface area contributed by atoms with Gasteiger partial charge in [-0.3, -0.25) is 9.59 Å². The molecule has 2 aromatic rings. The van der Waals surface area contributed by atoms with Crippen LogP contribution in [0.4, 0.5) is 10.2 Å². The predicted octanol–water partition coefficient (Wildman–Crippen LogP) is 3.99. The van der Waals surface area contributed by atoms with E-state index in [0.717, 1.165) is 12.1 Å². The van der Waals surface area contributed by atoms with Crippen molar-refractivity contribution in [3.8, 4) is 0 Å². The molecule has 0 radical (unpaired) electrons. The number of nitrogens with zero attached hydrogens (tertiary/aromatic N) is 4. The molecule has 150 valence electrons. The van der Waals surface area contributed by atoms with E-state index < -0.39 is 17.6 Å². The highest BCUT2D eigenvalue weighted by Gasteiger charge is 2.26. The van der Waals surface area contributed by atoms with Gasteiger partial charge in [-0.1, -0.05) is 39.0 Å². The van der Waals surface area contributed by atoms with Gasteiger partial charge >= 0.3 is 0 Å². The Morgan fingerprint density at radius 3 is 2.52 bits per heavy atom. The molecule has 0 saturated heterocycles. The number of amides is 2. The maximum atomic E-state index is 13.3. The minimum absolute atomic E-state index is 0.0101. The minimum Gasteiger partial charge on any atom is -0.306 e. The first kappa shape index (κ1) is 20.6. The summed E-state index contributed by atoms with van der Waals surface area (Å²) in [5.41, 5.74) is 0.991. The summed E-state index contributed by atoms with van der Waals surface area (Å²) in [6.45, 7) is 11.1. The van der Waals surface area contributed by atoms with E-state index >= 15 is 0 Å². The predicted molar refractivity (Wildman–Crippen MR) is 110 cm³/mol. The second-order valence-corrected chi connectivity index (χ2v) is 7.95. The molecule has 29 heavy (non-hydrogen) atoms. The van der Waals surface area contributed by atoms with Crippen molar-refractivity contribution in [1.82, 2.24) is 9.78 Å². The van der Waals surface area contributed by atoms with Gasteiger partial charge in [-0.25, -0.2) is 9.38 Å². The molecule has 1 aromatic heterocycles. The zero-order chi connectivity index (χ0) is 21.5. The van der Waals surface area contributed by atoms with Crippen LogP contribution in [-0.4, -0.2) is 33.3 Å². The van der Waals surface area contributed by atoms with Crippen molar-refractivity contribution in [2.24, 2.45) is 9.98 Å². The average Bonchev–Trinajstić information content (AvgIpc) is 3.03. The molecule has 0 aliphatic carbocycles. The van der Waals surface area contributed by atoms with Crippen LogP contribution in [0.15, 0.2) is 46.4 Å². The third-order valence-corrected chi connectivity index (χ3v) is 4.56. The molecule has 0 saturated carbocycles. The van der Waals surface area contributed by atoms with Crippen molar-refractivity contribution in [2.45, 2.75) is 33.1 Å². The Kier molecular flexibility index (Phi) is 5.23. The molecule has 0 unspecified atom stereocenters. The largest absolute Gasteiger partial charge is 0.306 e. The van der Waals surface area contributed by atoms with Gasteiger partial charge in [0.25, 0.3) is 17.8 Å². The van der Waals surface area contributed by atoms with Crippen LogP contribution in [-0.2, 0) is 10.2 Å². The quantitative estimate of drug-likeness (QED) is 0.752. The summed E-state index contributed by atoms with van der Waals surface area (Å²) in [6, 6.07) is 5.14. The van der Waals surface area contributed by atoms with Crippen LogP contribution >= 0.6 is 11.6 Å². The Morgan fingerprint density at radius 2 is 1.93 bits per heavy atom. The van der Waals surface area contributed by atoms with Gasteiger partial charge in [0.15, 0.2) is 0 Å². The summed E-state index contributed by atoms with van der Waals surface area (Å²) in [5.74, 6) is -1.39. The van der Waals surface area contributed by atoms with E-state index in [1.165, 1.54) is 10.7 Å². The van der Waals surface area contributed by atoms with Gasteiger partial charge < -0.3 is 5.32 Å². The summed E-state index contributed by atoms with van der Waals surface area (Å²) < 4.78 is 14.6. The van der Waals surface area contributed by atoms with Crippen LogP contribution in [0.2, 0.25) is 5.02 Å². The van der Waals surface area contributed by atoms with Crippen LogP contribution in [0.3, 0.4) is 0 Å².